The van der Waals surface area contributed by atoms with Crippen molar-refractivity contribution in [3.63, 3.8) is 0 Å². The fraction of sp³-hybridized carbons (Fsp3) is 0. The van der Waals surface area contributed by atoms with Crippen molar-refractivity contribution in [2.75, 3.05) is 0 Å². The van der Waals surface area contributed by atoms with Gasteiger partial charge in [0, 0.05) is 6.07 Å². The topological polar surface area (TPSA) is 33.0 Å². The van der Waals surface area contributed by atoms with Crippen molar-refractivity contribution in [3.8, 4) is 17.6 Å². The maximum atomic E-state index is 12.9. The van der Waals surface area contributed by atoms with Crippen molar-refractivity contribution in [2.24, 2.45) is 0 Å². The molecule has 0 amide bonds. The molecule has 0 aliphatic carbocycles. The smallest absolute Gasteiger partial charge is 0.145 e. The van der Waals surface area contributed by atoms with Gasteiger partial charge in [-0.2, -0.15) is 5.26 Å². The van der Waals surface area contributed by atoms with Gasteiger partial charge in [-0.1, -0.05) is 18.2 Å². The number of ether oxygens (including phenoxy) is 1. The molecule has 0 saturated carbocycles. The van der Waals surface area contributed by atoms with Gasteiger partial charge in [0.05, 0.1) is 5.56 Å². The highest BCUT2D eigenvalue weighted by Crippen LogP contribution is 2.24. The van der Waals surface area contributed by atoms with Crippen LogP contribution in [-0.4, -0.2) is 0 Å². The SMILES string of the molecule is N#Cc1ccccc1Oc1cccc(F)c1. The van der Waals surface area contributed by atoms with Gasteiger partial charge in [0.15, 0.2) is 0 Å². The van der Waals surface area contributed by atoms with Crippen molar-refractivity contribution >= 4 is 0 Å². The van der Waals surface area contributed by atoms with Crippen LogP contribution in [0.2, 0.25) is 0 Å². The Morgan fingerprint density at radius 2 is 1.88 bits per heavy atom. The Bertz CT molecular complexity index is 546. The molecule has 2 aromatic rings. The van der Waals surface area contributed by atoms with Gasteiger partial charge in [-0.05, 0) is 24.3 Å². The fourth-order valence-corrected chi connectivity index (χ4v) is 1.31. The summed E-state index contributed by atoms with van der Waals surface area (Å²) < 4.78 is 18.3. The van der Waals surface area contributed by atoms with Crippen LogP contribution in [0, 0.1) is 17.1 Å². The second kappa shape index (κ2) is 4.45. The summed E-state index contributed by atoms with van der Waals surface area (Å²) in [6.07, 6.45) is 0. The number of para-hydroxylation sites is 1. The minimum atomic E-state index is -0.369. The first-order chi connectivity index (χ1) is 7.79. The second-order valence-electron chi connectivity index (χ2n) is 3.17. The van der Waals surface area contributed by atoms with Crippen LogP contribution in [0.4, 0.5) is 4.39 Å². The van der Waals surface area contributed by atoms with Crippen LogP contribution in [0.1, 0.15) is 5.56 Å². The molecule has 2 aromatic carbocycles. The minimum absolute atomic E-state index is 0.369. The number of hydrogen-bond donors (Lipinski definition) is 0. The summed E-state index contributed by atoms with van der Waals surface area (Å²) in [5.74, 6) is 0.435. The lowest BCUT2D eigenvalue weighted by atomic mass is 10.2. The molecular weight excluding hydrogens is 205 g/mol. The zero-order valence-electron chi connectivity index (χ0n) is 8.35. The Morgan fingerprint density at radius 1 is 1.06 bits per heavy atom. The van der Waals surface area contributed by atoms with Gasteiger partial charge < -0.3 is 4.74 Å². The van der Waals surface area contributed by atoms with E-state index in [9.17, 15) is 4.39 Å². The summed E-state index contributed by atoms with van der Waals surface area (Å²) in [6.45, 7) is 0. The van der Waals surface area contributed by atoms with E-state index < -0.39 is 0 Å². The molecule has 0 saturated heterocycles. The molecule has 16 heavy (non-hydrogen) atoms. The monoisotopic (exact) mass is 213 g/mol. The molecular formula is C13H8FNO. The number of rotatable bonds is 2. The summed E-state index contributed by atoms with van der Waals surface area (Å²) in [6, 6.07) is 14.6. The third kappa shape index (κ3) is 2.18. The summed E-state index contributed by atoms with van der Waals surface area (Å²) in [5, 5.41) is 8.85. The largest absolute Gasteiger partial charge is 0.456 e. The standard InChI is InChI=1S/C13H8FNO/c14-11-5-3-6-12(8-11)16-13-7-2-1-4-10(13)9-15/h1-8H. The molecule has 78 valence electrons. The lowest BCUT2D eigenvalue weighted by Crippen LogP contribution is -1.88. The Morgan fingerprint density at radius 3 is 2.62 bits per heavy atom. The number of nitriles is 1. The molecule has 0 aliphatic rings. The van der Waals surface area contributed by atoms with Crippen LogP contribution in [0.15, 0.2) is 48.5 Å². The third-order valence-corrected chi connectivity index (χ3v) is 2.03. The molecule has 0 radical (unpaired) electrons. The first kappa shape index (κ1) is 10.2. The molecule has 0 aliphatic heterocycles. The van der Waals surface area contributed by atoms with E-state index in [1.165, 1.54) is 12.1 Å². The van der Waals surface area contributed by atoms with E-state index in [1.807, 2.05) is 6.07 Å². The van der Waals surface area contributed by atoms with E-state index in [4.69, 9.17) is 10.00 Å². The third-order valence-electron chi connectivity index (χ3n) is 2.03. The summed E-state index contributed by atoms with van der Waals surface area (Å²) in [5.41, 5.74) is 0.423. The van der Waals surface area contributed by atoms with Crippen LogP contribution in [0.5, 0.6) is 11.5 Å². The van der Waals surface area contributed by atoms with Gasteiger partial charge in [0.25, 0.3) is 0 Å². The normalized spacial score (nSPS) is 9.50. The average Bonchev–Trinajstić information content (AvgIpc) is 2.30. The van der Waals surface area contributed by atoms with Gasteiger partial charge in [-0.25, -0.2) is 4.39 Å². The van der Waals surface area contributed by atoms with Crippen LogP contribution < -0.4 is 4.74 Å². The molecule has 0 fully saturated rings. The molecule has 0 heterocycles. The highest BCUT2D eigenvalue weighted by Gasteiger charge is 2.03. The van der Waals surface area contributed by atoms with Crippen LogP contribution >= 0.6 is 0 Å². The van der Waals surface area contributed by atoms with Crippen molar-refractivity contribution < 1.29 is 9.13 Å². The van der Waals surface area contributed by atoms with E-state index in [1.54, 1.807) is 36.4 Å². The average molecular weight is 213 g/mol. The molecule has 0 spiro atoms. The summed E-state index contributed by atoms with van der Waals surface area (Å²) in [7, 11) is 0. The van der Waals surface area contributed by atoms with Gasteiger partial charge in [0.2, 0.25) is 0 Å². The maximum Gasteiger partial charge on any atom is 0.145 e. The van der Waals surface area contributed by atoms with E-state index in [0.29, 0.717) is 17.1 Å². The Labute approximate surface area is 92.5 Å². The number of halogens is 1. The van der Waals surface area contributed by atoms with E-state index in [2.05, 4.69) is 0 Å². The predicted molar refractivity (Wildman–Crippen MR) is 57.6 cm³/mol. The second-order valence-corrected chi connectivity index (χ2v) is 3.17. The molecule has 0 N–H and O–H groups in total. The predicted octanol–water partition coefficient (Wildman–Crippen LogP) is 3.49. The fourth-order valence-electron chi connectivity index (χ4n) is 1.31. The van der Waals surface area contributed by atoms with Gasteiger partial charge in [0.1, 0.15) is 23.4 Å². The number of nitrogens with zero attached hydrogens (tertiary/aromatic N) is 1. The molecule has 2 rings (SSSR count). The molecule has 0 bridgehead atoms. The van der Waals surface area contributed by atoms with E-state index in [-0.39, 0.29) is 5.82 Å². The Kier molecular flexibility index (Phi) is 2.84. The minimum Gasteiger partial charge on any atom is -0.456 e. The molecule has 3 heteroatoms. The summed E-state index contributed by atoms with van der Waals surface area (Å²) >= 11 is 0. The number of hydrogen-bond acceptors (Lipinski definition) is 2. The lowest BCUT2D eigenvalue weighted by Gasteiger charge is -2.06. The Hall–Kier alpha value is -2.34. The van der Waals surface area contributed by atoms with Crippen molar-refractivity contribution in [1.29, 1.82) is 5.26 Å². The zero-order valence-corrected chi connectivity index (χ0v) is 8.35. The molecule has 0 aromatic heterocycles. The van der Waals surface area contributed by atoms with E-state index in [0.717, 1.165) is 0 Å². The molecule has 2 nitrogen and oxygen atoms in total. The van der Waals surface area contributed by atoms with Crippen molar-refractivity contribution in [3.05, 3.63) is 59.9 Å². The quantitative estimate of drug-likeness (QED) is 0.764. The van der Waals surface area contributed by atoms with Gasteiger partial charge >= 0.3 is 0 Å². The van der Waals surface area contributed by atoms with E-state index >= 15 is 0 Å². The van der Waals surface area contributed by atoms with Gasteiger partial charge in [-0.15, -0.1) is 0 Å². The van der Waals surface area contributed by atoms with Crippen LogP contribution in [0.3, 0.4) is 0 Å². The first-order valence-electron chi connectivity index (χ1n) is 4.72. The highest BCUT2D eigenvalue weighted by molar-refractivity contribution is 5.44. The number of benzene rings is 2. The lowest BCUT2D eigenvalue weighted by molar-refractivity contribution is 0.475. The van der Waals surface area contributed by atoms with Crippen LogP contribution in [-0.2, 0) is 0 Å². The Balaban J connectivity index is 2.31. The first-order valence-corrected chi connectivity index (χ1v) is 4.72. The zero-order chi connectivity index (χ0) is 11.4. The molecule has 0 unspecified atom stereocenters. The molecule has 0 atom stereocenters. The van der Waals surface area contributed by atoms with Crippen molar-refractivity contribution in [1.82, 2.24) is 0 Å². The highest BCUT2D eigenvalue weighted by atomic mass is 19.1. The van der Waals surface area contributed by atoms with Crippen molar-refractivity contribution in [2.45, 2.75) is 0 Å². The summed E-state index contributed by atoms with van der Waals surface area (Å²) in [4.78, 5) is 0. The maximum absolute atomic E-state index is 12.9. The van der Waals surface area contributed by atoms with Crippen LogP contribution in [0.25, 0.3) is 0 Å². The van der Waals surface area contributed by atoms with Gasteiger partial charge in [-0.3, -0.25) is 0 Å².